The highest BCUT2D eigenvalue weighted by atomic mass is 19.1. The minimum atomic E-state index is -0.868. The summed E-state index contributed by atoms with van der Waals surface area (Å²) >= 11 is 0. The lowest BCUT2D eigenvalue weighted by atomic mass is 9.93. The summed E-state index contributed by atoms with van der Waals surface area (Å²) in [6.45, 7) is 6.59. The number of aliphatic hydroxyl groups excluding tert-OH is 1. The van der Waals surface area contributed by atoms with Crippen LogP contribution in [0.3, 0.4) is 0 Å². The Labute approximate surface area is 277 Å². The molecule has 2 aliphatic rings. The van der Waals surface area contributed by atoms with Crippen LogP contribution in [0, 0.1) is 17.7 Å². The van der Waals surface area contributed by atoms with Crippen molar-refractivity contribution in [1.29, 1.82) is 0 Å². The number of amides is 2. The molecule has 2 fully saturated rings. The van der Waals surface area contributed by atoms with Gasteiger partial charge in [0.1, 0.15) is 24.2 Å². The first-order valence-electron chi connectivity index (χ1n) is 15.9. The van der Waals surface area contributed by atoms with Crippen LogP contribution in [0.1, 0.15) is 53.9 Å². The first kappa shape index (κ1) is 31.3. The molecule has 5 aromatic rings. The maximum Gasteiger partial charge on any atom is 0.408 e. The van der Waals surface area contributed by atoms with Gasteiger partial charge in [-0.05, 0) is 68.3 Å². The number of alkyl carbamates (subject to hydrolysis) is 1. The van der Waals surface area contributed by atoms with E-state index in [1.165, 1.54) is 12.1 Å². The van der Waals surface area contributed by atoms with Gasteiger partial charge in [0.2, 0.25) is 5.88 Å². The van der Waals surface area contributed by atoms with Gasteiger partial charge in [0.15, 0.2) is 0 Å². The summed E-state index contributed by atoms with van der Waals surface area (Å²) in [6, 6.07) is 20.9. The van der Waals surface area contributed by atoms with Gasteiger partial charge in [0.25, 0.3) is 5.91 Å². The van der Waals surface area contributed by atoms with Crippen LogP contribution >= 0.6 is 0 Å². The molecule has 1 aliphatic carbocycles. The molecule has 2 aromatic carbocycles. The Kier molecular flexibility index (Phi) is 8.08. The van der Waals surface area contributed by atoms with Crippen molar-refractivity contribution in [1.82, 2.24) is 24.6 Å². The number of imidazole rings is 1. The molecule has 7 rings (SSSR count). The van der Waals surface area contributed by atoms with Gasteiger partial charge >= 0.3 is 6.09 Å². The zero-order chi connectivity index (χ0) is 33.6. The van der Waals surface area contributed by atoms with Crippen molar-refractivity contribution in [2.75, 3.05) is 13.1 Å². The molecule has 0 spiro atoms. The zero-order valence-corrected chi connectivity index (χ0v) is 26.8. The van der Waals surface area contributed by atoms with E-state index in [2.05, 4.69) is 10.3 Å². The number of benzene rings is 2. The first-order valence-corrected chi connectivity index (χ1v) is 15.9. The minimum Gasteiger partial charge on any atom is -0.474 e. The highest BCUT2D eigenvalue weighted by Crippen LogP contribution is 2.48. The van der Waals surface area contributed by atoms with Gasteiger partial charge in [-0.15, -0.1) is 0 Å². The largest absolute Gasteiger partial charge is 0.474 e. The third-order valence-corrected chi connectivity index (χ3v) is 9.16. The topological polar surface area (TPSA) is 118 Å². The highest BCUT2D eigenvalue weighted by molar-refractivity contribution is 5.95. The highest BCUT2D eigenvalue weighted by Gasteiger charge is 2.59. The minimum absolute atomic E-state index is 0.107. The number of pyridine rings is 2. The van der Waals surface area contributed by atoms with Crippen LogP contribution in [-0.2, 0) is 16.9 Å². The lowest BCUT2D eigenvalue weighted by Gasteiger charge is -2.27. The number of aromatic nitrogens is 3. The smallest absolute Gasteiger partial charge is 0.408 e. The number of nitrogens with zero attached hydrogens (tertiary/aromatic N) is 4. The number of piperidine rings is 1. The van der Waals surface area contributed by atoms with Crippen LogP contribution in [-0.4, -0.2) is 55.6 Å². The van der Waals surface area contributed by atoms with Crippen molar-refractivity contribution >= 4 is 17.6 Å². The van der Waals surface area contributed by atoms with Crippen LogP contribution in [0.15, 0.2) is 91.4 Å². The van der Waals surface area contributed by atoms with Gasteiger partial charge in [0, 0.05) is 60.7 Å². The quantitative estimate of drug-likeness (QED) is 0.204. The second-order valence-corrected chi connectivity index (χ2v) is 13.0. The van der Waals surface area contributed by atoms with E-state index in [-0.39, 0.29) is 36.3 Å². The van der Waals surface area contributed by atoms with Gasteiger partial charge < -0.3 is 29.2 Å². The van der Waals surface area contributed by atoms with E-state index in [9.17, 15) is 19.1 Å². The first-order chi connectivity index (χ1) is 23.1. The van der Waals surface area contributed by atoms with Gasteiger partial charge in [0.05, 0.1) is 22.9 Å². The Morgan fingerprint density at radius 2 is 1.79 bits per heavy atom. The number of halogens is 1. The molecular weight excluding hydrogens is 613 g/mol. The van der Waals surface area contributed by atoms with E-state index in [0.717, 1.165) is 11.1 Å². The lowest BCUT2D eigenvalue weighted by Crippen LogP contribution is -2.41. The summed E-state index contributed by atoms with van der Waals surface area (Å²) in [5.74, 6) is 0.196. The average molecular weight is 650 g/mol. The number of ether oxygens (including phenoxy) is 2. The van der Waals surface area contributed by atoms with E-state index >= 15 is 0 Å². The number of carbonyl (C=O) groups is 2. The number of fused-ring (bicyclic) bond motifs is 2. The summed E-state index contributed by atoms with van der Waals surface area (Å²) in [7, 11) is 0. The van der Waals surface area contributed by atoms with E-state index in [1.54, 1.807) is 54.2 Å². The molecule has 11 heteroatoms. The number of hydrogen-bond donors (Lipinski definition) is 2. The van der Waals surface area contributed by atoms with Crippen molar-refractivity contribution in [2.45, 2.75) is 45.1 Å². The van der Waals surface area contributed by atoms with E-state index < -0.39 is 17.7 Å². The predicted molar refractivity (Wildman–Crippen MR) is 176 cm³/mol. The lowest BCUT2D eigenvalue weighted by molar-refractivity contribution is 0.0750. The second kappa shape index (κ2) is 12.4. The summed E-state index contributed by atoms with van der Waals surface area (Å²) < 4.78 is 27.4. The standard InChI is InChI=1S/C37H36FN5O5/c1-22(44)28-15-25(18-42-14-13-39-34(28)42)35(45)43-19-29-30(20-43)33(29)48-32-17-26(16-31(40-32)24-9-11-27(38)12-10-24)37(2,3)41-36(46)47-21-23-7-5-4-6-8-23/h4-18,22,29-30,33,44H,19-21H2,1-3H3,(H,41,46)/t22?,29-,30+,33?. The fourth-order valence-electron chi connectivity index (χ4n) is 6.40. The molecule has 1 aliphatic heterocycles. The van der Waals surface area contributed by atoms with E-state index in [1.807, 2.05) is 55.1 Å². The molecule has 1 saturated heterocycles. The van der Waals surface area contributed by atoms with Crippen LogP contribution < -0.4 is 10.1 Å². The van der Waals surface area contributed by atoms with E-state index in [0.29, 0.717) is 47.0 Å². The molecule has 2 amide bonds. The molecule has 48 heavy (non-hydrogen) atoms. The third kappa shape index (κ3) is 6.33. The zero-order valence-electron chi connectivity index (χ0n) is 26.8. The Balaban J connectivity index is 1.06. The van der Waals surface area contributed by atoms with Crippen molar-refractivity contribution in [2.24, 2.45) is 11.8 Å². The molecule has 0 radical (unpaired) electrons. The van der Waals surface area contributed by atoms with Gasteiger partial charge in [-0.2, -0.15) is 0 Å². The van der Waals surface area contributed by atoms with Gasteiger partial charge in [-0.3, -0.25) is 4.79 Å². The predicted octanol–water partition coefficient (Wildman–Crippen LogP) is 5.90. The molecule has 2 N–H and O–H groups in total. The number of likely N-dealkylation sites (tertiary alicyclic amines) is 1. The summed E-state index contributed by atoms with van der Waals surface area (Å²) in [5, 5.41) is 13.2. The molecule has 10 nitrogen and oxygen atoms in total. The summed E-state index contributed by atoms with van der Waals surface area (Å²) in [6.07, 6.45) is 3.68. The Morgan fingerprint density at radius 1 is 1.06 bits per heavy atom. The van der Waals surface area contributed by atoms with Crippen molar-refractivity contribution in [3.63, 3.8) is 0 Å². The number of hydrogen-bond acceptors (Lipinski definition) is 7. The fraction of sp³-hybridized carbons (Fsp3) is 0.297. The number of nitrogens with one attached hydrogen (secondary N) is 1. The van der Waals surface area contributed by atoms with Crippen molar-refractivity contribution in [3.05, 3.63) is 119 Å². The SMILES string of the molecule is CC(O)c1cc(C(=O)N2C[C@@H]3C(Oc4cc(C(C)(C)NC(=O)OCc5ccccc5)cc(-c5ccc(F)cc5)n4)[C@@H]3C2)cn2ccnc12. The molecule has 4 atom stereocenters. The molecule has 4 heterocycles. The average Bonchev–Trinajstić information content (AvgIpc) is 3.41. The second-order valence-electron chi connectivity index (χ2n) is 13.0. The number of carbonyl (C=O) groups excluding carboxylic acids is 2. The van der Waals surface area contributed by atoms with Crippen LogP contribution in [0.5, 0.6) is 5.88 Å². The van der Waals surface area contributed by atoms with Crippen LogP contribution in [0.4, 0.5) is 9.18 Å². The maximum absolute atomic E-state index is 13.8. The van der Waals surface area contributed by atoms with Crippen molar-refractivity contribution < 1.29 is 28.6 Å². The fourth-order valence-corrected chi connectivity index (χ4v) is 6.40. The normalized spacial score (nSPS) is 19.1. The third-order valence-electron chi connectivity index (χ3n) is 9.16. The molecule has 246 valence electrons. The van der Waals surface area contributed by atoms with Gasteiger partial charge in [-0.25, -0.2) is 19.2 Å². The molecule has 1 saturated carbocycles. The summed E-state index contributed by atoms with van der Waals surface area (Å²) in [4.78, 5) is 37.2. The van der Waals surface area contributed by atoms with E-state index in [4.69, 9.17) is 14.5 Å². The van der Waals surface area contributed by atoms with Gasteiger partial charge in [-0.1, -0.05) is 30.3 Å². The molecule has 0 bridgehead atoms. The number of aliphatic hydroxyl groups is 1. The summed E-state index contributed by atoms with van der Waals surface area (Å²) in [5.41, 5.74) is 3.72. The van der Waals surface area contributed by atoms with Crippen molar-refractivity contribution in [3.8, 4) is 17.1 Å². The van der Waals surface area contributed by atoms with Crippen LogP contribution in [0.25, 0.3) is 16.9 Å². The Bertz CT molecular complexity index is 1970. The molecule has 2 unspecified atom stereocenters. The maximum atomic E-state index is 13.8. The monoisotopic (exact) mass is 649 g/mol. The Hall–Kier alpha value is -5.29. The molecule has 3 aromatic heterocycles. The van der Waals surface area contributed by atoms with Crippen LogP contribution in [0.2, 0.25) is 0 Å². The number of rotatable bonds is 9. The Morgan fingerprint density at radius 3 is 2.50 bits per heavy atom. The molecular formula is C37H36FN5O5.